The number of nitrogens with one attached hydrogen (secondary N) is 1. The smallest absolute Gasteiger partial charge is 0.255 e. The lowest BCUT2D eigenvalue weighted by Gasteiger charge is -2.07. The van der Waals surface area contributed by atoms with Crippen LogP contribution in [0.4, 0.5) is 5.69 Å². The maximum atomic E-state index is 12.2. The molecule has 2 aromatic carbocycles. The molecule has 0 spiro atoms. The number of hydrogen-bond acceptors (Lipinski definition) is 3. The molecule has 1 heterocycles. The molecular formula is C16H10Cl2N2OS. The summed E-state index contributed by atoms with van der Waals surface area (Å²) in [5.74, 6) is -0.236. The van der Waals surface area contributed by atoms with Crippen LogP contribution >= 0.6 is 34.5 Å². The van der Waals surface area contributed by atoms with Gasteiger partial charge in [-0.1, -0.05) is 23.2 Å². The molecule has 3 rings (SSSR count). The van der Waals surface area contributed by atoms with E-state index in [4.69, 9.17) is 23.2 Å². The Balaban J connectivity index is 1.75. The standard InChI is InChI=1S/C16H10Cl2N2OS/c17-13-6-3-11(9-14(13)18)15(21)20-12-4-1-10(2-5-12)16-19-7-8-22-16/h1-9H,(H,20,21). The number of hydrogen-bond donors (Lipinski definition) is 1. The Morgan fingerprint density at radius 2 is 1.82 bits per heavy atom. The molecule has 0 aliphatic carbocycles. The van der Waals surface area contributed by atoms with Gasteiger partial charge in [0, 0.05) is 28.4 Å². The lowest BCUT2D eigenvalue weighted by Crippen LogP contribution is -2.11. The number of thiazole rings is 1. The number of benzene rings is 2. The molecular weight excluding hydrogens is 339 g/mol. The first-order chi connectivity index (χ1) is 10.6. The van der Waals surface area contributed by atoms with Crippen molar-refractivity contribution in [2.75, 3.05) is 5.32 Å². The number of nitrogens with zero attached hydrogens (tertiary/aromatic N) is 1. The van der Waals surface area contributed by atoms with Crippen LogP contribution in [-0.4, -0.2) is 10.9 Å². The summed E-state index contributed by atoms with van der Waals surface area (Å²) in [7, 11) is 0. The molecule has 3 aromatic rings. The second-order valence-corrected chi connectivity index (χ2v) is 6.21. The highest BCUT2D eigenvalue weighted by atomic mass is 35.5. The number of halogens is 2. The van der Waals surface area contributed by atoms with E-state index in [9.17, 15) is 4.79 Å². The number of anilines is 1. The van der Waals surface area contributed by atoms with Gasteiger partial charge in [0.2, 0.25) is 0 Å². The normalized spacial score (nSPS) is 10.5. The van der Waals surface area contributed by atoms with Gasteiger partial charge in [0.15, 0.2) is 0 Å². The summed E-state index contributed by atoms with van der Waals surface area (Å²) in [6.45, 7) is 0. The lowest BCUT2D eigenvalue weighted by atomic mass is 10.2. The quantitative estimate of drug-likeness (QED) is 0.691. The average Bonchev–Trinajstić information content (AvgIpc) is 3.05. The molecule has 0 aliphatic rings. The fourth-order valence-electron chi connectivity index (χ4n) is 1.90. The van der Waals surface area contributed by atoms with E-state index in [0.29, 0.717) is 21.3 Å². The van der Waals surface area contributed by atoms with E-state index in [1.807, 2.05) is 29.6 Å². The minimum atomic E-state index is -0.236. The molecule has 1 N–H and O–H groups in total. The third-order valence-electron chi connectivity index (χ3n) is 3.00. The Kier molecular flexibility index (Phi) is 4.43. The first kappa shape index (κ1) is 15.0. The van der Waals surface area contributed by atoms with Crippen molar-refractivity contribution in [3.8, 4) is 10.6 Å². The van der Waals surface area contributed by atoms with Crippen molar-refractivity contribution < 1.29 is 4.79 Å². The van der Waals surface area contributed by atoms with Crippen LogP contribution < -0.4 is 5.32 Å². The van der Waals surface area contributed by atoms with Gasteiger partial charge in [-0.25, -0.2) is 4.98 Å². The van der Waals surface area contributed by atoms with Gasteiger partial charge in [0.1, 0.15) is 5.01 Å². The topological polar surface area (TPSA) is 42.0 Å². The molecule has 0 fully saturated rings. The van der Waals surface area contributed by atoms with E-state index < -0.39 is 0 Å². The van der Waals surface area contributed by atoms with Gasteiger partial charge in [-0.3, -0.25) is 4.79 Å². The summed E-state index contributed by atoms with van der Waals surface area (Å²) in [6.07, 6.45) is 1.76. The second kappa shape index (κ2) is 6.48. The average molecular weight is 349 g/mol. The maximum absolute atomic E-state index is 12.2. The summed E-state index contributed by atoms with van der Waals surface area (Å²) in [4.78, 5) is 16.4. The molecule has 22 heavy (non-hydrogen) atoms. The summed E-state index contributed by atoms with van der Waals surface area (Å²) in [5.41, 5.74) is 2.18. The Labute approximate surface area is 141 Å². The van der Waals surface area contributed by atoms with Crippen LogP contribution in [0, 0.1) is 0 Å². The number of carbonyl (C=O) groups excluding carboxylic acids is 1. The Morgan fingerprint density at radius 3 is 2.45 bits per heavy atom. The monoisotopic (exact) mass is 348 g/mol. The molecule has 6 heteroatoms. The zero-order chi connectivity index (χ0) is 15.5. The van der Waals surface area contributed by atoms with Crippen molar-refractivity contribution in [2.24, 2.45) is 0 Å². The molecule has 3 nitrogen and oxygen atoms in total. The van der Waals surface area contributed by atoms with Crippen LogP contribution in [-0.2, 0) is 0 Å². The van der Waals surface area contributed by atoms with Crippen LogP contribution in [0.25, 0.3) is 10.6 Å². The van der Waals surface area contributed by atoms with Gasteiger partial charge in [-0.05, 0) is 42.5 Å². The van der Waals surface area contributed by atoms with Gasteiger partial charge in [-0.15, -0.1) is 11.3 Å². The number of amides is 1. The van der Waals surface area contributed by atoms with Gasteiger partial charge in [0.25, 0.3) is 5.91 Å². The molecule has 0 atom stereocenters. The van der Waals surface area contributed by atoms with Gasteiger partial charge in [0.05, 0.1) is 10.0 Å². The first-order valence-electron chi connectivity index (χ1n) is 6.40. The van der Waals surface area contributed by atoms with Crippen LogP contribution in [0.2, 0.25) is 10.0 Å². The highest BCUT2D eigenvalue weighted by Crippen LogP contribution is 2.25. The molecule has 0 unspecified atom stereocenters. The summed E-state index contributed by atoms with van der Waals surface area (Å²) in [6, 6.07) is 12.3. The zero-order valence-electron chi connectivity index (χ0n) is 11.2. The molecule has 0 bridgehead atoms. The minimum Gasteiger partial charge on any atom is -0.322 e. The predicted octanol–water partition coefficient (Wildman–Crippen LogP) is 5.37. The largest absolute Gasteiger partial charge is 0.322 e. The van der Waals surface area contributed by atoms with E-state index in [-0.39, 0.29) is 5.91 Å². The van der Waals surface area contributed by atoms with Crippen molar-refractivity contribution in [1.82, 2.24) is 4.98 Å². The van der Waals surface area contributed by atoms with Gasteiger partial charge >= 0.3 is 0 Å². The van der Waals surface area contributed by atoms with Crippen LogP contribution in [0.5, 0.6) is 0 Å². The molecule has 0 radical (unpaired) electrons. The second-order valence-electron chi connectivity index (χ2n) is 4.50. The first-order valence-corrected chi connectivity index (χ1v) is 8.03. The van der Waals surface area contributed by atoms with E-state index in [2.05, 4.69) is 10.3 Å². The molecule has 0 saturated heterocycles. The van der Waals surface area contributed by atoms with E-state index in [0.717, 1.165) is 10.6 Å². The summed E-state index contributed by atoms with van der Waals surface area (Å²) in [5, 5.41) is 6.47. The SMILES string of the molecule is O=C(Nc1ccc(-c2nccs2)cc1)c1ccc(Cl)c(Cl)c1. The van der Waals surface area contributed by atoms with E-state index in [1.165, 1.54) is 0 Å². The molecule has 1 aromatic heterocycles. The molecule has 110 valence electrons. The third kappa shape index (κ3) is 3.30. The Hall–Kier alpha value is -1.88. The summed E-state index contributed by atoms with van der Waals surface area (Å²) < 4.78 is 0. The highest BCUT2D eigenvalue weighted by Gasteiger charge is 2.09. The third-order valence-corrected chi connectivity index (χ3v) is 4.57. The Bertz CT molecular complexity index is 802. The fraction of sp³-hybridized carbons (Fsp3) is 0. The van der Waals surface area contributed by atoms with Crippen LogP contribution in [0.1, 0.15) is 10.4 Å². The van der Waals surface area contributed by atoms with Crippen molar-refractivity contribution in [2.45, 2.75) is 0 Å². The molecule has 0 saturated carbocycles. The van der Waals surface area contributed by atoms with Crippen molar-refractivity contribution in [3.63, 3.8) is 0 Å². The molecule has 1 amide bonds. The Morgan fingerprint density at radius 1 is 1.05 bits per heavy atom. The number of rotatable bonds is 3. The van der Waals surface area contributed by atoms with Crippen LogP contribution in [0.15, 0.2) is 54.0 Å². The highest BCUT2D eigenvalue weighted by molar-refractivity contribution is 7.13. The maximum Gasteiger partial charge on any atom is 0.255 e. The number of carbonyl (C=O) groups is 1. The van der Waals surface area contributed by atoms with E-state index >= 15 is 0 Å². The van der Waals surface area contributed by atoms with E-state index in [1.54, 1.807) is 35.7 Å². The van der Waals surface area contributed by atoms with Crippen molar-refractivity contribution >= 4 is 46.1 Å². The zero-order valence-corrected chi connectivity index (χ0v) is 13.5. The summed E-state index contributed by atoms with van der Waals surface area (Å²) >= 11 is 13.3. The predicted molar refractivity (Wildman–Crippen MR) is 92.0 cm³/mol. The number of aromatic nitrogens is 1. The van der Waals surface area contributed by atoms with Gasteiger partial charge in [-0.2, -0.15) is 0 Å². The molecule has 0 aliphatic heterocycles. The fourth-order valence-corrected chi connectivity index (χ4v) is 2.85. The lowest BCUT2D eigenvalue weighted by molar-refractivity contribution is 0.102. The van der Waals surface area contributed by atoms with Crippen molar-refractivity contribution in [1.29, 1.82) is 0 Å². The van der Waals surface area contributed by atoms with Gasteiger partial charge < -0.3 is 5.32 Å². The minimum absolute atomic E-state index is 0.236. The van der Waals surface area contributed by atoms with Crippen LogP contribution in [0.3, 0.4) is 0 Å². The van der Waals surface area contributed by atoms with Crippen molar-refractivity contribution in [3.05, 3.63) is 69.7 Å².